The summed E-state index contributed by atoms with van der Waals surface area (Å²) in [5.41, 5.74) is 2.85. The molecule has 0 saturated carbocycles. The van der Waals surface area contributed by atoms with E-state index in [1.807, 2.05) is 31.9 Å². The predicted octanol–water partition coefficient (Wildman–Crippen LogP) is 2.59. The predicted molar refractivity (Wildman–Crippen MR) is 95.7 cm³/mol. The first-order valence-electron chi connectivity index (χ1n) is 8.91. The largest absolute Gasteiger partial charge is 0.349 e. The second-order valence-corrected chi connectivity index (χ2v) is 6.85. The first-order valence-corrected chi connectivity index (χ1v) is 8.91. The third kappa shape index (κ3) is 3.13. The molecule has 134 valence electrons. The smallest absolute Gasteiger partial charge is 0.255 e. The lowest BCUT2D eigenvalue weighted by atomic mass is 9.93. The molecule has 0 aliphatic carbocycles. The number of piperidine rings is 1. The lowest BCUT2D eigenvalue weighted by Gasteiger charge is -2.32. The van der Waals surface area contributed by atoms with Crippen molar-refractivity contribution in [3.63, 3.8) is 0 Å². The standard InChI is InChI=1S/C19H26N4O2/c1-5-23-13(2)11-16(14(23)3)19(25)22-9-6-7-15(12-22)17(24)18-20-8-10-21(18)4/h8,10-11,15H,5-7,9,12H2,1-4H3. The molecule has 0 radical (unpaired) electrons. The number of likely N-dealkylation sites (tertiary alicyclic amines) is 1. The third-order valence-corrected chi connectivity index (χ3v) is 5.24. The molecule has 25 heavy (non-hydrogen) atoms. The van der Waals surface area contributed by atoms with Crippen molar-refractivity contribution in [3.8, 4) is 0 Å². The number of aromatic nitrogens is 3. The minimum atomic E-state index is -0.173. The van der Waals surface area contributed by atoms with E-state index in [2.05, 4.69) is 16.5 Å². The number of hydrogen-bond acceptors (Lipinski definition) is 3. The molecule has 1 aliphatic heterocycles. The molecule has 3 heterocycles. The van der Waals surface area contributed by atoms with Crippen molar-refractivity contribution in [1.29, 1.82) is 0 Å². The van der Waals surface area contributed by atoms with E-state index in [1.54, 1.807) is 17.0 Å². The van der Waals surface area contributed by atoms with Crippen LogP contribution in [0.25, 0.3) is 0 Å². The van der Waals surface area contributed by atoms with Gasteiger partial charge in [0.05, 0.1) is 5.56 Å². The summed E-state index contributed by atoms with van der Waals surface area (Å²) in [6, 6.07) is 1.96. The van der Waals surface area contributed by atoms with E-state index in [-0.39, 0.29) is 17.6 Å². The Morgan fingerprint density at radius 1 is 1.32 bits per heavy atom. The van der Waals surface area contributed by atoms with Gasteiger partial charge in [-0.2, -0.15) is 0 Å². The van der Waals surface area contributed by atoms with E-state index in [4.69, 9.17) is 0 Å². The Morgan fingerprint density at radius 2 is 2.08 bits per heavy atom. The van der Waals surface area contributed by atoms with E-state index >= 15 is 0 Å². The lowest BCUT2D eigenvalue weighted by molar-refractivity contribution is 0.0632. The van der Waals surface area contributed by atoms with Crippen LogP contribution in [0.2, 0.25) is 0 Å². The van der Waals surface area contributed by atoms with Gasteiger partial charge in [0.1, 0.15) is 0 Å². The van der Waals surface area contributed by atoms with E-state index < -0.39 is 0 Å². The summed E-state index contributed by atoms with van der Waals surface area (Å²) in [4.78, 5) is 31.7. The molecule has 2 aromatic heterocycles. The van der Waals surface area contributed by atoms with Gasteiger partial charge in [-0.1, -0.05) is 0 Å². The molecule has 0 bridgehead atoms. The molecular weight excluding hydrogens is 316 g/mol. The zero-order chi connectivity index (χ0) is 18.1. The number of rotatable bonds is 4. The molecule has 0 N–H and O–H groups in total. The Morgan fingerprint density at radius 3 is 2.68 bits per heavy atom. The Kier molecular flexibility index (Phi) is 4.79. The average molecular weight is 342 g/mol. The van der Waals surface area contributed by atoms with Crippen LogP contribution < -0.4 is 0 Å². The first kappa shape index (κ1) is 17.5. The number of imidazole rings is 1. The van der Waals surface area contributed by atoms with Crippen molar-refractivity contribution in [2.45, 2.75) is 40.2 Å². The van der Waals surface area contributed by atoms with Crippen molar-refractivity contribution in [3.05, 3.63) is 41.2 Å². The normalized spacial score (nSPS) is 17.8. The number of carbonyl (C=O) groups is 2. The molecular formula is C19H26N4O2. The van der Waals surface area contributed by atoms with Gasteiger partial charge in [0, 0.05) is 56.4 Å². The summed E-state index contributed by atoms with van der Waals surface area (Å²) in [7, 11) is 1.82. The molecule has 3 rings (SSSR count). The maximum absolute atomic E-state index is 13.0. The van der Waals surface area contributed by atoms with Gasteiger partial charge in [-0.05, 0) is 39.7 Å². The fraction of sp³-hybridized carbons (Fsp3) is 0.526. The second-order valence-electron chi connectivity index (χ2n) is 6.85. The van der Waals surface area contributed by atoms with Crippen LogP contribution in [0.4, 0.5) is 0 Å². The molecule has 1 atom stereocenters. The van der Waals surface area contributed by atoms with Crippen molar-refractivity contribution in [2.75, 3.05) is 13.1 Å². The van der Waals surface area contributed by atoms with Crippen LogP contribution in [0.1, 0.15) is 52.1 Å². The van der Waals surface area contributed by atoms with Crippen LogP contribution >= 0.6 is 0 Å². The van der Waals surface area contributed by atoms with Crippen molar-refractivity contribution in [1.82, 2.24) is 19.0 Å². The molecule has 0 spiro atoms. The summed E-state index contributed by atoms with van der Waals surface area (Å²) in [5, 5.41) is 0. The van der Waals surface area contributed by atoms with Crippen LogP contribution in [0.5, 0.6) is 0 Å². The van der Waals surface area contributed by atoms with E-state index in [0.717, 1.165) is 36.3 Å². The van der Waals surface area contributed by atoms with E-state index in [0.29, 0.717) is 18.9 Å². The van der Waals surface area contributed by atoms with Crippen molar-refractivity contribution < 1.29 is 9.59 Å². The maximum Gasteiger partial charge on any atom is 0.255 e. The molecule has 1 fully saturated rings. The number of ketones is 1. The summed E-state index contributed by atoms with van der Waals surface area (Å²) < 4.78 is 3.89. The molecule has 1 saturated heterocycles. The molecule has 6 heteroatoms. The van der Waals surface area contributed by atoms with Gasteiger partial charge in [-0.3, -0.25) is 9.59 Å². The highest BCUT2D eigenvalue weighted by molar-refractivity contribution is 5.98. The zero-order valence-electron chi connectivity index (χ0n) is 15.5. The maximum atomic E-state index is 13.0. The highest BCUT2D eigenvalue weighted by atomic mass is 16.2. The number of aryl methyl sites for hydroxylation is 2. The van der Waals surface area contributed by atoms with Crippen LogP contribution in [0, 0.1) is 19.8 Å². The van der Waals surface area contributed by atoms with Gasteiger partial charge in [-0.25, -0.2) is 4.98 Å². The third-order valence-electron chi connectivity index (χ3n) is 5.24. The average Bonchev–Trinajstić information content (AvgIpc) is 3.16. The van der Waals surface area contributed by atoms with Gasteiger partial charge in [0.15, 0.2) is 5.82 Å². The fourth-order valence-corrected chi connectivity index (χ4v) is 3.84. The van der Waals surface area contributed by atoms with E-state index in [1.165, 1.54) is 0 Å². The second kappa shape index (κ2) is 6.86. The minimum absolute atomic E-state index is 0.0315. The molecule has 6 nitrogen and oxygen atoms in total. The molecule has 1 unspecified atom stereocenters. The van der Waals surface area contributed by atoms with Gasteiger partial charge in [0.25, 0.3) is 5.91 Å². The first-order chi connectivity index (χ1) is 11.9. The van der Waals surface area contributed by atoms with Gasteiger partial charge >= 0.3 is 0 Å². The topological polar surface area (TPSA) is 60.1 Å². The fourth-order valence-electron chi connectivity index (χ4n) is 3.84. The quantitative estimate of drug-likeness (QED) is 0.803. The van der Waals surface area contributed by atoms with Crippen LogP contribution in [-0.4, -0.2) is 43.8 Å². The SMILES string of the molecule is CCn1c(C)cc(C(=O)N2CCCC(C(=O)c3nccn3C)C2)c1C. The van der Waals surface area contributed by atoms with Gasteiger partial charge in [0.2, 0.25) is 5.78 Å². The highest BCUT2D eigenvalue weighted by Crippen LogP contribution is 2.24. The summed E-state index contributed by atoms with van der Waals surface area (Å²) in [6.45, 7) is 8.13. The van der Waals surface area contributed by atoms with Gasteiger partial charge in [-0.15, -0.1) is 0 Å². The van der Waals surface area contributed by atoms with Crippen LogP contribution in [0.3, 0.4) is 0 Å². The highest BCUT2D eigenvalue weighted by Gasteiger charge is 2.32. The number of carbonyl (C=O) groups excluding carboxylic acids is 2. The molecule has 0 aromatic carbocycles. The molecule has 2 aromatic rings. The molecule has 1 amide bonds. The zero-order valence-corrected chi connectivity index (χ0v) is 15.5. The number of nitrogens with zero attached hydrogens (tertiary/aromatic N) is 4. The van der Waals surface area contributed by atoms with Gasteiger partial charge < -0.3 is 14.0 Å². The number of hydrogen-bond donors (Lipinski definition) is 0. The van der Waals surface area contributed by atoms with E-state index in [9.17, 15) is 9.59 Å². The number of amides is 1. The monoisotopic (exact) mass is 342 g/mol. The van der Waals surface area contributed by atoms with Crippen LogP contribution in [-0.2, 0) is 13.6 Å². The Hall–Kier alpha value is -2.37. The van der Waals surface area contributed by atoms with Crippen LogP contribution in [0.15, 0.2) is 18.5 Å². The molecule has 1 aliphatic rings. The van der Waals surface area contributed by atoms with Crippen molar-refractivity contribution in [2.24, 2.45) is 13.0 Å². The minimum Gasteiger partial charge on any atom is -0.349 e. The Bertz CT molecular complexity index is 802. The Balaban J connectivity index is 1.78. The van der Waals surface area contributed by atoms with Crippen molar-refractivity contribution >= 4 is 11.7 Å². The Labute approximate surface area is 148 Å². The summed E-state index contributed by atoms with van der Waals surface area (Å²) >= 11 is 0. The lowest BCUT2D eigenvalue weighted by Crippen LogP contribution is -2.42. The summed E-state index contributed by atoms with van der Waals surface area (Å²) in [6.07, 6.45) is 5.07. The summed E-state index contributed by atoms with van der Waals surface area (Å²) in [5.74, 6) is 0.367. The number of Topliss-reactive ketones (excluding diaryl/α,β-unsaturated/α-hetero) is 1.